The second-order valence-corrected chi connectivity index (χ2v) is 5.87. The van der Waals surface area contributed by atoms with Gasteiger partial charge < -0.3 is 5.73 Å². The number of halogens is 2. The van der Waals surface area contributed by atoms with Crippen LogP contribution < -0.4 is 5.73 Å². The van der Waals surface area contributed by atoms with Crippen LogP contribution in [-0.4, -0.2) is 9.78 Å². The fraction of sp³-hybridized carbons (Fsp3) is 0.250. The lowest BCUT2D eigenvalue weighted by Gasteiger charge is -2.11. The maximum absolute atomic E-state index is 6.20. The van der Waals surface area contributed by atoms with Crippen molar-refractivity contribution in [2.45, 2.75) is 12.5 Å². The molecular weight excluding hydrogens is 346 g/mol. The minimum absolute atomic E-state index is 0.0204. The van der Waals surface area contributed by atoms with Gasteiger partial charge in [0, 0.05) is 28.2 Å². The van der Waals surface area contributed by atoms with Gasteiger partial charge in [0.1, 0.15) is 0 Å². The van der Waals surface area contributed by atoms with Crippen molar-refractivity contribution in [3.63, 3.8) is 0 Å². The standard InChI is InChI=1S/C12H13Br2N3/c1-17-7-8(6-16-17)2-12(15)9-3-10(13)5-11(14)4-9/h3-7,12H,2,15H2,1H3. The van der Waals surface area contributed by atoms with Crippen LogP contribution in [-0.2, 0) is 13.5 Å². The van der Waals surface area contributed by atoms with Crippen molar-refractivity contribution >= 4 is 31.9 Å². The number of hydrogen-bond acceptors (Lipinski definition) is 2. The zero-order valence-corrected chi connectivity index (χ0v) is 12.6. The van der Waals surface area contributed by atoms with Gasteiger partial charge in [-0.3, -0.25) is 4.68 Å². The van der Waals surface area contributed by atoms with E-state index in [2.05, 4.69) is 37.0 Å². The average molecular weight is 359 g/mol. The van der Waals surface area contributed by atoms with Gasteiger partial charge >= 0.3 is 0 Å². The van der Waals surface area contributed by atoms with E-state index in [4.69, 9.17) is 5.73 Å². The molecule has 0 fully saturated rings. The van der Waals surface area contributed by atoms with Crippen LogP contribution in [0.1, 0.15) is 17.2 Å². The van der Waals surface area contributed by atoms with E-state index >= 15 is 0 Å². The molecular formula is C12H13Br2N3. The number of nitrogens with two attached hydrogens (primary N) is 1. The fourth-order valence-corrected chi connectivity index (χ4v) is 3.07. The minimum atomic E-state index is -0.0204. The van der Waals surface area contributed by atoms with Crippen molar-refractivity contribution in [1.82, 2.24) is 9.78 Å². The molecule has 0 saturated heterocycles. The van der Waals surface area contributed by atoms with E-state index in [1.807, 2.05) is 37.6 Å². The molecule has 1 heterocycles. The van der Waals surface area contributed by atoms with Gasteiger partial charge in [0.05, 0.1) is 6.20 Å². The van der Waals surface area contributed by atoms with Crippen LogP contribution >= 0.6 is 31.9 Å². The molecule has 0 radical (unpaired) electrons. The van der Waals surface area contributed by atoms with Crippen LogP contribution in [0.2, 0.25) is 0 Å². The Kier molecular flexibility index (Phi) is 4.01. The Morgan fingerprint density at radius 2 is 1.94 bits per heavy atom. The summed E-state index contributed by atoms with van der Waals surface area (Å²) in [6.07, 6.45) is 4.64. The molecule has 0 aliphatic rings. The molecule has 90 valence electrons. The average Bonchev–Trinajstić information content (AvgIpc) is 2.62. The van der Waals surface area contributed by atoms with Crippen molar-refractivity contribution in [3.05, 3.63) is 50.7 Å². The summed E-state index contributed by atoms with van der Waals surface area (Å²) in [7, 11) is 1.91. The van der Waals surface area contributed by atoms with E-state index in [1.165, 1.54) is 0 Å². The van der Waals surface area contributed by atoms with Crippen molar-refractivity contribution in [3.8, 4) is 0 Å². The molecule has 1 aromatic carbocycles. The van der Waals surface area contributed by atoms with Crippen molar-refractivity contribution in [2.24, 2.45) is 12.8 Å². The third-order valence-corrected chi connectivity index (χ3v) is 3.44. The predicted molar refractivity (Wildman–Crippen MR) is 75.7 cm³/mol. The van der Waals surface area contributed by atoms with Crippen LogP contribution in [0.5, 0.6) is 0 Å². The number of benzene rings is 1. The molecule has 0 saturated carbocycles. The lowest BCUT2D eigenvalue weighted by molar-refractivity contribution is 0.718. The van der Waals surface area contributed by atoms with Gasteiger partial charge in [0.15, 0.2) is 0 Å². The normalized spacial score (nSPS) is 12.7. The maximum Gasteiger partial charge on any atom is 0.0522 e. The lowest BCUT2D eigenvalue weighted by atomic mass is 10.0. The Labute approximate surface area is 117 Å². The molecule has 1 aromatic heterocycles. The Hall–Kier alpha value is -0.650. The molecule has 2 N–H and O–H groups in total. The molecule has 1 atom stereocenters. The zero-order valence-electron chi connectivity index (χ0n) is 9.40. The molecule has 0 bridgehead atoms. The van der Waals surface area contributed by atoms with Crippen molar-refractivity contribution in [1.29, 1.82) is 0 Å². The molecule has 1 unspecified atom stereocenters. The summed E-state index contributed by atoms with van der Waals surface area (Å²) >= 11 is 6.94. The SMILES string of the molecule is Cn1cc(CC(N)c2cc(Br)cc(Br)c2)cn1. The fourth-order valence-electron chi connectivity index (χ4n) is 1.74. The highest BCUT2D eigenvalue weighted by molar-refractivity contribution is 9.11. The summed E-state index contributed by atoms with van der Waals surface area (Å²) in [6, 6.07) is 6.07. The Morgan fingerprint density at radius 1 is 1.29 bits per heavy atom. The van der Waals surface area contributed by atoms with Crippen LogP contribution in [0.25, 0.3) is 0 Å². The van der Waals surface area contributed by atoms with Crippen LogP contribution in [0.3, 0.4) is 0 Å². The first-order chi connectivity index (χ1) is 8.04. The Morgan fingerprint density at radius 3 is 2.47 bits per heavy atom. The van der Waals surface area contributed by atoms with Crippen LogP contribution in [0.4, 0.5) is 0 Å². The Balaban J connectivity index is 2.16. The summed E-state index contributed by atoms with van der Waals surface area (Å²) in [6.45, 7) is 0. The number of nitrogens with zero attached hydrogens (tertiary/aromatic N) is 2. The molecule has 0 aliphatic carbocycles. The summed E-state index contributed by atoms with van der Waals surface area (Å²) in [4.78, 5) is 0. The van der Waals surface area contributed by atoms with E-state index in [0.717, 1.165) is 26.5 Å². The van der Waals surface area contributed by atoms with E-state index < -0.39 is 0 Å². The first-order valence-electron chi connectivity index (χ1n) is 5.23. The van der Waals surface area contributed by atoms with E-state index in [1.54, 1.807) is 4.68 Å². The summed E-state index contributed by atoms with van der Waals surface area (Å²) < 4.78 is 3.85. The van der Waals surface area contributed by atoms with Gasteiger partial charge in [-0.05, 0) is 35.7 Å². The molecule has 0 spiro atoms. The van der Waals surface area contributed by atoms with Crippen molar-refractivity contribution in [2.75, 3.05) is 0 Å². The van der Waals surface area contributed by atoms with Gasteiger partial charge in [0.25, 0.3) is 0 Å². The predicted octanol–water partition coefficient (Wildman–Crippen LogP) is 3.19. The number of rotatable bonds is 3. The first-order valence-corrected chi connectivity index (χ1v) is 6.82. The van der Waals surface area contributed by atoms with Gasteiger partial charge in [-0.15, -0.1) is 0 Å². The summed E-state index contributed by atoms with van der Waals surface area (Å²) in [5.41, 5.74) is 8.45. The quantitative estimate of drug-likeness (QED) is 0.915. The Bertz CT molecular complexity index is 502. The van der Waals surface area contributed by atoms with Gasteiger partial charge in [0.2, 0.25) is 0 Å². The van der Waals surface area contributed by atoms with E-state index in [9.17, 15) is 0 Å². The van der Waals surface area contributed by atoms with E-state index in [-0.39, 0.29) is 6.04 Å². The minimum Gasteiger partial charge on any atom is -0.324 e. The highest BCUT2D eigenvalue weighted by Crippen LogP contribution is 2.24. The molecule has 17 heavy (non-hydrogen) atoms. The third-order valence-electron chi connectivity index (χ3n) is 2.53. The molecule has 0 aliphatic heterocycles. The molecule has 2 rings (SSSR count). The highest BCUT2D eigenvalue weighted by atomic mass is 79.9. The number of aromatic nitrogens is 2. The van der Waals surface area contributed by atoms with Crippen LogP contribution in [0.15, 0.2) is 39.5 Å². The smallest absolute Gasteiger partial charge is 0.0522 e. The molecule has 2 aromatic rings. The summed E-state index contributed by atoms with van der Waals surface area (Å²) in [5, 5.41) is 4.14. The topological polar surface area (TPSA) is 43.8 Å². The zero-order chi connectivity index (χ0) is 12.4. The largest absolute Gasteiger partial charge is 0.324 e. The van der Waals surface area contributed by atoms with Gasteiger partial charge in [-0.25, -0.2) is 0 Å². The lowest BCUT2D eigenvalue weighted by Crippen LogP contribution is -2.13. The maximum atomic E-state index is 6.20. The van der Waals surface area contributed by atoms with Gasteiger partial charge in [-0.1, -0.05) is 31.9 Å². The van der Waals surface area contributed by atoms with Crippen LogP contribution in [0, 0.1) is 0 Å². The monoisotopic (exact) mass is 357 g/mol. The second-order valence-electron chi connectivity index (χ2n) is 4.04. The number of aryl methyl sites for hydroxylation is 1. The number of hydrogen-bond donors (Lipinski definition) is 1. The molecule has 0 amide bonds. The molecule has 5 heteroatoms. The van der Waals surface area contributed by atoms with Crippen molar-refractivity contribution < 1.29 is 0 Å². The summed E-state index contributed by atoms with van der Waals surface area (Å²) in [5.74, 6) is 0. The van der Waals surface area contributed by atoms with E-state index in [0.29, 0.717) is 0 Å². The highest BCUT2D eigenvalue weighted by Gasteiger charge is 2.09. The second kappa shape index (κ2) is 5.33. The first kappa shape index (κ1) is 12.8. The third kappa shape index (κ3) is 3.40. The van der Waals surface area contributed by atoms with Gasteiger partial charge in [-0.2, -0.15) is 5.10 Å². The molecule has 3 nitrogen and oxygen atoms in total.